The van der Waals surface area contributed by atoms with E-state index in [9.17, 15) is 52.8 Å². The Kier molecular flexibility index (Phi) is 24.7. The van der Waals surface area contributed by atoms with Crippen LogP contribution in [0, 0.1) is 23.7 Å². The first-order valence-corrected chi connectivity index (χ1v) is 28.6. The van der Waals surface area contributed by atoms with E-state index in [2.05, 4.69) is 16.0 Å². The maximum absolute atomic E-state index is 13.8. The van der Waals surface area contributed by atoms with Gasteiger partial charge < -0.3 is 21.7 Å². The molecule has 1 unspecified atom stereocenters. The van der Waals surface area contributed by atoms with Gasteiger partial charge in [0.2, 0.25) is 63.7 Å². The summed E-state index contributed by atoms with van der Waals surface area (Å²) in [6.45, 7) is 13.7. The molecular formula is C41H76N8O12S4. The smallest absolute Gasteiger partial charge is 0.235 e. The van der Waals surface area contributed by atoms with Crippen LogP contribution in [0.3, 0.4) is 0 Å². The Labute approximate surface area is 389 Å². The minimum absolute atomic E-state index is 0.0444. The lowest BCUT2D eigenvalue weighted by Crippen LogP contribution is -2.55. The van der Waals surface area contributed by atoms with E-state index in [1.807, 2.05) is 20.8 Å². The van der Waals surface area contributed by atoms with E-state index in [0.717, 1.165) is 23.5 Å². The molecule has 0 aliphatic rings. The van der Waals surface area contributed by atoms with Crippen LogP contribution in [0.15, 0.2) is 30.3 Å². The number of amides is 4. The van der Waals surface area contributed by atoms with Crippen molar-refractivity contribution in [3.8, 4) is 0 Å². The summed E-state index contributed by atoms with van der Waals surface area (Å²) >= 11 is 0. The molecule has 0 aliphatic carbocycles. The molecule has 0 aromatic heterocycles. The summed E-state index contributed by atoms with van der Waals surface area (Å²) in [4.78, 5) is 52.5. The van der Waals surface area contributed by atoms with E-state index < -0.39 is 114 Å². The van der Waals surface area contributed by atoms with Gasteiger partial charge in [-0.1, -0.05) is 99.1 Å². The third kappa shape index (κ3) is 22.9. The lowest BCUT2D eigenvalue weighted by molar-refractivity contribution is -0.123. The predicted octanol–water partition coefficient (Wildman–Crippen LogP) is 0.727. The van der Waals surface area contributed by atoms with Crippen LogP contribution in [0.5, 0.6) is 0 Å². The van der Waals surface area contributed by atoms with Crippen molar-refractivity contribution in [2.24, 2.45) is 29.4 Å². The zero-order valence-corrected chi connectivity index (χ0v) is 43.3. The minimum atomic E-state index is -4.16. The summed E-state index contributed by atoms with van der Waals surface area (Å²) in [5, 5.41) is 8.16. The Bertz CT molecular complexity index is 2140. The topological polar surface area (TPSA) is 280 Å². The highest BCUT2D eigenvalue weighted by atomic mass is 32.2. The maximum atomic E-state index is 13.8. The second-order valence-electron chi connectivity index (χ2n) is 18.0. The quantitative estimate of drug-likeness (QED) is 0.0778. The van der Waals surface area contributed by atoms with Crippen molar-refractivity contribution < 1.29 is 52.8 Å². The van der Waals surface area contributed by atoms with Crippen molar-refractivity contribution in [2.75, 3.05) is 70.1 Å². The molecular weight excluding hydrogens is 925 g/mol. The third-order valence-electron chi connectivity index (χ3n) is 10.1. The Hall–Kier alpha value is -3.26. The molecule has 0 spiro atoms. The first-order chi connectivity index (χ1) is 29.8. The second kappa shape index (κ2) is 26.9. The van der Waals surface area contributed by atoms with Crippen molar-refractivity contribution in [2.45, 2.75) is 106 Å². The largest absolute Gasteiger partial charge is 0.369 e. The van der Waals surface area contributed by atoms with Gasteiger partial charge >= 0.3 is 0 Å². The van der Waals surface area contributed by atoms with Gasteiger partial charge in [-0.15, -0.1) is 0 Å². The first kappa shape index (κ1) is 59.8. The number of benzene rings is 1. The van der Waals surface area contributed by atoms with Crippen molar-refractivity contribution in [3.05, 3.63) is 35.9 Å². The van der Waals surface area contributed by atoms with Gasteiger partial charge in [0.25, 0.3) is 0 Å². The Morgan fingerprint density at radius 3 is 1.54 bits per heavy atom. The number of carbonyl (C=O) groups is 4. The average Bonchev–Trinajstić information content (AvgIpc) is 3.13. The molecule has 0 fully saturated rings. The molecule has 4 amide bonds. The van der Waals surface area contributed by atoms with Crippen LogP contribution in [-0.4, -0.2) is 163 Å². The highest BCUT2D eigenvalue weighted by Gasteiger charge is 2.34. The van der Waals surface area contributed by atoms with Gasteiger partial charge in [0.1, 0.15) is 0 Å². The summed E-state index contributed by atoms with van der Waals surface area (Å²) in [6, 6.07) is 5.61. The maximum Gasteiger partial charge on any atom is 0.235 e. The summed E-state index contributed by atoms with van der Waals surface area (Å²) in [5.74, 6) is -5.04. The van der Waals surface area contributed by atoms with E-state index >= 15 is 0 Å². The molecule has 0 saturated carbocycles. The van der Waals surface area contributed by atoms with Crippen LogP contribution in [0.4, 0.5) is 0 Å². The number of hydrogen-bond donors (Lipinski definition) is 4. The zero-order chi connectivity index (χ0) is 50.1. The average molecular weight is 1000 g/mol. The second-order valence-corrected chi connectivity index (χ2v) is 26.0. The van der Waals surface area contributed by atoms with Gasteiger partial charge in [-0.05, 0) is 42.6 Å². The molecule has 5 N–H and O–H groups in total. The fourth-order valence-corrected chi connectivity index (χ4v) is 12.8. The first-order valence-electron chi connectivity index (χ1n) is 21.9. The Balaban J connectivity index is 3.35. The van der Waals surface area contributed by atoms with E-state index in [0.29, 0.717) is 12.0 Å². The number of primary amides is 1. The summed E-state index contributed by atoms with van der Waals surface area (Å²) in [5.41, 5.74) is 5.83. The number of nitrogens with two attached hydrogens (primary N) is 1. The third-order valence-corrected chi connectivity index (χ3v) is 17.5. The van der Waals surface area contributed by atoms with Gasteiger partial charge in [-0.3, -0.25) is 19.2 Å². The Morgan fingerprint density at radius 2 is 1.06 bits per heavy atom. The monoisotopic (exact) mass is 1000 g/mol. The van der Waals surface area contributed by atoms with Gasteiger partial charge in [0.15, 0.2) is 0 Å². The summed E-state index contributed by atoms with van der Waals surface area (Å²) in [7, 11) is -16.1. The summed E-state index contributed by atoms with van der Waals surface area (Å²) in [6.07, 6.45) is 1.63. The number of likely N-dealkylation sites (N-methyl/N-ethyl adjacent to an activating group) is 1. The molecule has 65 heavy (non-hydrogen) atoms. The van der Waals surface area contributed by atoms with Crippen LogP contribution < -0.4 is 21.7 Å². The van der Waals surface area contributed by atoms with Crippen molar-refractivity contribution in [1.82, 2.24) is 33.2 Å². The molecule has 20 nitrogen and oxygen atoms in total. The van der Waals surface area contributed by atoms with Crippen LogP contribution in [0.1, 0.15) is 87.6 Å². The fraction of sp³-hybridized carbons (Fsp3) is 0.756. The number of rotatable bonds is 32. The molecule has 0 saturated heterocycles. The van der Waals surface area contributed by atoms with E-state index in [1.54, 1.807) is 71.9 Å². The normalized spacial score (nSPS) is 14.9. The van der Waals surface area contributed by atoms with Crippen molar-refractivity contribution in [1.29, 1.82) is 0 Å². The highest BCUT2D eigenvalue weighted by Crippen LogP contribution is 2.16. The zero-order valence-electron chi connectivity index (χ0n) is 40.0. The minimum Gasteiger partial charge on any atom is -0.369 e. The molecule has 1 rings (SSSR count). The van der Waals surface area contributed by atoms with Gasteiger partial charge in [-0.2, -0.15) is 17.2 Å². The molecule has 0 radical (unpaired) electrons. The molecule has 0 heterocycles. The number of nitrogens with one attached hydrogen (secondary N) is 3. The molecule has 1 aromatic rings. The number of carbonyl (C=O) groups excluding carboxylic acids is 4. The van der Waals surface area contributed by atoms with Crippen molar-refractivity contribution in [3.63, 3.8) is 0 Å². The predicted molar refractivity (Wildman–Crippen MR) is 253 cm³/mol. The SMILES string of the molecule is CCC(C)[C@@H](CN(CC(=O)N[C@@H](CC(C)C)CN(CC(=O)N[C@@H](C)CN(CC(N)=O)S(=O)(=O)Cc1ccccc1)S(=O)(=O)CC(C)C)S(C)(=O)=O)NC(=O)CN(CC)S(=O)(=O)CC(C)C. The number of sulfonamides is 4. The Morgan fingerprint density at radius 1 is 0.585 bits per heavy atom. The molecule has 24 heteroatoms. The lowest BCUT2D eigenvalue weighted by atomic mass is 9.99. The van der Waals surface area contributed by atoms with E-state index in [1.165, 1.54) is 6.92 Å². The number of hydrogen-bond acceptors (Lipinski definition) is 12. The molecule has 0 bridgehead atoms. The molecule has 376 valence electrons. The van der Waals surface area contributed by atoms with Crippen LogP contribution >= 0.6 is 0 Å². The van der Waals surface area contributed by atoms with Crippen molar-refractivity contribution >= 4 is 63.7 Å². The lowest BCUT2D eigenvalue weighted by Gasteiger charge is -2.32. The highest BCUT2D eigenvalue weighted by molar-refractivity contribution is 7.89. The summed E-state index contributed by atoms with van der Waals surface area (Å²) < 4.78 is 110. The van der Waals surface area contributed by atoms with E-state index in [-0.39, 0.29) is 67.8 Å². The molecule has 1 aromatic carbocycles. The standard InChI is InChI=1S/C41H76N8O12S4/c1-12-33(9)37(45-41(53)24-46(13-2)63(56,57)27-31(5)6)22-47(62(11,54)55)25-40(52)44-36(19-30(3)4)21-49(64(58,59)28-32(7)8)26-39(51)43-34(10)20-48(23-38(42)50)65(60,61)29-35-17-15-14-16-18-35/h14-18,30-34,36-37H,12-13,19-29H2,1-11H3,(H2,42,50)(H,43,51)(H,44,52)(H,45,53)/t33?,34-,36-,37+/m0/s1. The van der Waals surface area contributed by atoms with Crippen LogP contribution in [-0.2, 0) is 65.0 Å². The van der Waals surface area contributed by atoms with Gasteiger partial charge in [0, 0.05) is 44.3 Å². The number of nitrogens with zero attached hydrogens (tertiary/aromatic N) is 4. The molecule has 4 atom stereocenters. The molecule has 0 aliphatic heterocycles. The van der Waals surface area contributed by atoms with E-state index in [4.69, 9.17) is 5.73 Å². The van der Waals surface area contributed by atoms with Crippen LogP contribution in [0.2, 0.25) is 0 Å². The van der Waals surface area contributed by atoms with Crippen LogP contribution in [0.25, 0.3) is 0 Å². The van der Waals surface area contributed by atoms with Gasteiger partial charge in [-0.25, -0.2) is 33.7 Å². The van der Waals surface area contributed by atoms with Gasteiger partial charge in [0.05, 0.1) is 49.7 Å². The fourth-order valence-electron chi connectivity index (χ4n) is 6.92.